The van der Waals surface area contributed by atoms with Crippen LogP contribution in [0.2, 0.25) is 0 Å². The van der Waals surface area contributed by atoms with E-state index in [4.69, 9.17) is 4.74 Å². The lowest BCUT2D eigenvalue weighted by molar-refractivity contribution is -0.910. The number of carbonyl (C=O) groups excluding carboxylic acids is 2. The lowest BCUT2D eigenvalue weighted by Crippen LogP contribution is -3.11. The summed E-state index contributed by atoms with van der Waals surface area (Å²) in [6.45, 7) is 5.13. The number of quaternary nitrogens is 1. The first-order chi connectivity index (χ1) is 12.2. The molecule has 1 aromatic rings. The number of hydrogen-bond donors (Lipinski definition) is 2. The van der Waals surface area contributed by atoms with Crippen molar-refractivity contribution in [1.82, 2.24) is 10.2 Å². The topological polar surface area (TPSA) is 63.1 Å². The van der Waals surface area contributed by atoms with E-state index in [1.807, 2.05) is 6.92 Å². The Bertz CT molecular complexity index is 570. The molecule has 6 nitrogen and oxygen atoms in total. The standard InChI is InChI=1S/C18H27N3O3S/c1-2-24-18(23)20-10-7-14(8-11-20)19-17(22)13-21-9-3-5-15(21)16-6-4-12-25-16/h4,6,12,14-15H,2-3,5,7-11,13H2,1H3,(H,19,22)/p+1/t15-/m1/s1. The molecule has 3 heterocycles. The van der Waals surface area contributed by atoms with Crippen LogP contribution in [0.4, 0.5) is 4.79 Å². The second-order valence-electron chi connectivity index (χ2n) is 6.82. The molecule has 0 spiro atoms. The minimum atomic E-state index is -0.243. The number of piperidine rings is 1. The van der Waals surface area contributed by atoms with Crippen LogP contribution in [0.15, 0.2) is 17.5 Å². The quantitative estimate of drug-likeness (QED) is 0.823. The Labute approximate surface area is 153 Å². The van der Waals surface area contributed by atoms with Crippen molar-refractivity contribution in [3.05, 3.63) is 22.4 Å². The van der Waals surface area contributed by atoms with Crippen LogP contribution in [0.5, 0.6) is 0 Å². The largest absolute Gasteiger partial charge is 0.450 e. The van der Waals surface area contributed by atoms with Crippen LogP contribution >= 0.6 is 11.3 Å². The SMILES string of the molecule is CCOC(=O)N1CCC(NC(=O)C[NH+]2CCC[C@@H]2c2cccs2)CC1. The Morgan fingerprint density at radius 2 is 2.16 bits per heavy atom. The van der Waals surface area contributed by atoms with Crippen LogP contribution in [0.1, 0.15) is 43.5 Å². The average Bonchev–Trinajstić information content (AvgIpc) is 3.26. The molecule has 2 N–H and O–H groups in total. The third-order valence-electron chi connectivity index (χ3n) is 5.14. The van der Waals surface area contributed by atoms with Crippen LogP contribution < -0.4 is 10.2 Å². The van der Waals surface area contributed by atoms with Crippen LogP contribution in [0.25, 0.3) is 0 Å². The molecule has 0 saturated carbocycles. The lowest BCUT2D eigenvalue weighted by Gasteiger charge is -2.31. The zero-order valence-corrected chi connectivity index (χ0v) is 15.6. The van der Waals surface area contributed by atoms with E-state index in [1.54, 1.807) is 16.2 Å². The number of carbonyl (C=O) groups is 2. The highest BCUT2D eigenvalue weighted by Gasteiger charge is 2.33. The van der Waals surface area contributed by atoms with Gasteiger partial charge in [0.05, 0.1) is 18.0 Å². The molecule has 2 amide bonds. The van der Waals surface area contributed by atoms with E-state index in [0.29, 0.717) is 32.3 Å². The van der Waals surface area contributed by atoms with Gasteiger partial charge in [0, 0.05) is 32.0 Å². The summed E-state index contributed by atoms with van der Waals surface area (Å²) >= 11 is 1.79. The highest BCUT2D eigenvalue weighted by atomic mass is 32.1. The minimum absolute atomic E-state index is 0.132. The monoisotopic (exact) mass is 366 g/mol. The number of nitrogens with zero attached hydrogens (tertiary/aromatic N) is 1. The third kappa shape index (κ3) is 4.73. The van der Waals surface area contributed by atoms with Crippen molar-refractivity contribution in [3.8, 4) is 0 Å². The maximum absolute atomic E-state index is 12.5. The van der Waals surface area contributed by atoms with E-state index in [1.165, 1.54) is 22.6 Å². The molecule has 0 aliphatic carbocycles. The highest BCUT2D eigenvalue weighted by Crippen LogP contribution is 2.23. The van der Waals surface area contributed by atoms with Gasteiger partial charge in [0.1, 0.15) is 6.04 Å². The van der Waals surface area contributed by atoms with Gasteiger partial charge in [0.15, 0.2) is 6.54 Å². The predicted molar refractivity (Wildman–Crippen MR) is 96.8 cm³/mol. The van der Waals surface area contributed by atoms with Crippen molar-refractivity contribution in [2.75, 3.05) is 32.8 Å². The summed E-state index contributed by atoms with van der Waals surface area (Å²) in [5, 5.41) is 5.28. The number of hydrogen-bond acceptors (Lipinski definition) is 4. The van der Waals surface area contributed by atoms with Gasteiger partial charge in [-0.1, -0.05) is 6.07 Å². The smallest absolute Gasteiger partial charge is 0.409 e. The summed E-state index contributed by atoms with van der Waals surface area (Å²) in [6.07, 6.45) is 3.71. The van der Waals surface area contributed by atoms with Crippen LogP contribution in [-0.4, -0.2) is 55.7 Å². The van der Waals surface area contributed by atoms with Crippen molar-refractivity contribution in [3.63, 3.8) is 0 Å². The molecule has 2 aliphatic heterocycles. The molecular formula is C18H28N3O3S+. The Kier molecular flexibility index (Phi) is 6.31. The molecule has 2 saturated heterocycles. The van der Waals surface area contributed by atoms with Gasteiger partial charge in [0.25, 0.3) is 5.91 Å². The van der Waals surface area contributed by atoms with E-state index in [9.17, 15) is 9.59 Å². The predicted octanol–water partition coefficient (Wildman–Crippen LogP) is 1.21. The first-order valence-electron chi connectivity index (χ1n) is 9.26. The van der Waals surface area contributed by atoms with E-state index in [0.717, 1.165) is 19.4 Å². The van der Waals surface area contributed by atoms with E-state index >= 15 is 0 Å². The number of thiophene rings is 1. The Morgan fingerprint density at radius 1 is 1.36 bits per heavy atom. The van der Waals surface area contributed by atoms with Gasteiger partial charge in [-0.3, -0.25) is 4.79 Å². The minimum Gasteiger partial charge on any atom is -0.450 e. The third-order valence-corrected chi connectivity index (χ3v) is 6.13. The molecule has 25 heavy (non-hydrogen) atoms. The van der Waals surface area contributed by atoms with Gasteiger partial charge in [-0.25, -0.2) is 4.79 Å². The summed E-state index contributed by atoms with van der Waals surface area (Å²) in [5.74, 6) is 0.132. The molecule has 2 fully saturated rings. The molecule has 1 aromatic heterocycles. The van der Waals surface area contributed by atoms with Crippen LogP contribution in [-0.2, 0) is 9.53 Å². The van der Waals surface area contributed by atoms with Crippen molar-refractivity contribution in [2.24, 2.45) is 0 Å². The van der Waals surface area contributed by atoms with Gasteiger partial charge in [-0.2, -0.15) is 0 Å². The Hall–Kier alpha value is -1.60. The Morgan fingerprint density at radius 3 is 2.84 bits per heavy atom. The van der Waals surface area contributed by atoms with Crippen molar-refractivity contribution >= 4 is 23.3 Å². The number of rotatable bonds is 5. The summed E-state index contributed by atoms with van der Waals surface area (Å²) in [5.41, 5.74) is 0. The molecule has 1 unspecified atom stereocenters. The van der Waals surface area contributed by atoms with Crippen molar-refractivity contribution in [2.45, 2.75) is 44.7 Å². The van der Waals surface area contributed by atoms with Gasteiger partial charge in [-0.15, -0.1) is 11.3 Å². The maximum Gasteiger partial charge on any atom is 0.409 e. The normalized spacial score (nSPS) is 24.3. The fourth-order valence-corrected chi connectivity index (χ4v) is 4.78. The fourth-order valence-electron chi connectivity index (χ4n) is 3.86. The molecule has 2 aliphatic rings. The molecule has 7 heteroatoms. The lowest BCUT2D eigenvalue weighted by atomic mass is 10.1. The van der Waals surface area contributed by atoms with Crippen LogP contribution in [0.3, 0.4) is 0 Å². The number of nitrogens with one attached hydrogen (secondary N) is 2. The van der Waals surface area contributed by atoms with E-state index < -0.39 is 0 Å². The zero-order valence-electron chi connectivity index (χ0n) is 14.8. The number of amides is 2. The van der Waals surface area contributed by atoms with Gasteiger partial charge < -0.3 is 19.9 Å². The van der Waals surface area contributed by atoms with Crippen LogP contribution in [0, 0.1) is 0 Å². The first-order valence-corrected chi connectivity index (χ1v) is 10.1. The molecule has 3 rings (SSSR count). The molecule has 0 bridgehead atoms. The maximum atomic E-state index is 12.5. The zero-order chi connectivity index (χ0) is 17.6. The van der Waals surface area contributed by atoms with Gasteiger partial charge in [-0.05, 0) is 31.2 Å². The van der Waals surface area contributed by atoms with Gasteiger partial charge >= 0.3 is 6.09 Å². The Balaban J connectivity index is 1.43. The first kappa shape index (κ1) is 18.2. The highest BCUT2D eigenvalue weighted by molar-refractivity contribution is 7.10. The second kappa shape index (κ2) is 8.67. The molecule has 0 aromatic carbocycles. The average molecular weight is 367 g/mol. The summed E-state index contributed by atoms with van der Waals surface area (Å²) in [6, 6.07) is 4.91. The molecular weight excluding hydrogens is 338 g/mol. The summed E-state index contributed by atoms with van der Waals surface area (Å²) in [4.78, 5) is 28.7. The summed E-state index contributed by atoms with van der Waals surface area (Å²) < 4.78 is 5.03. The second-order valence-corrected chi connectivity index (χ2v) is 7.80. The fraction of sp³-hybridized carbons (Fsp3) is 0.667. The van der Waals surface area contributed by atoms with Crippen molar-refractivity contribution < 1.29 is 19.2 Å². The number of likely N-dealkylation sites (tertiary alicyclic amines) is 2. The van der Waals surface area contributed by atoms with Crippen molar-refractivity contribution in [1.29, 1.82) is 0 Å². The molecule has 2 atom stereocenters. The molecule has 0 radical (unpaired) electrons. The summed E-state index contributed by atoms with van der Waals surface area (Å²) in [7, 11) is 0. The van der Waals surface area contributed by atoms with E-state index in [2.05, 4.69) is 22.8 Å². The van der Waals surface area contributed by atoms with E-state index in [-0.39, 0.29) is 18.0 Å². The number of ether oxygens (including phenoxy) is 1. The molecule has 138 valence electrons. The van der Waals surface area contributed by atoms with Gasteiger partial charge in [0.2, 0.25) is 0 Å².